The van der Waals surface area contributed by atoms with Gasteiger partial charge >= 0.3 is 0 Å². The molecule has 0 fully saturated rings. The minimum atomic E-state index is 0.364. The van der Waals surface area contributed by atoms with Crippen molar-refractivity contribution < 1.29 is 4.74 Å². The SMILES string of the molecule is CN(C)CCOCCn1c(CCl)nc2c(Cl)cccc21. The van der Waals surface area contributed by atoms with Gasteiger partial charge in [0.2, 0.25) is 0 Å². The van der Waals surface area contributed by atoms with Gasteiger partial charge in [0.05, 0.1) is 29.6 Å². The van der Waals surface area contributed by atoms with E-state index in [1.54, 1.807) is 0 Å². The fourth-order valence-electron chi connectivity index (χ4n) is 2.02. The van der Waals surface area contributed by atoms with E-state index >= 15 is 0 Å². The summed E-state index contributed by atoms with van der Waals surface area (Å²) in [5.41, 5.74) is 1.81. The molecule has 0 atom stereocenters. The third-order valence-electron chi connectivity index (χ3n) is 3.07. The molecule has 1 aromatic heterocycles. The zero-order valence-corrected chi connectivity index (χ0v) is 13.3. The highest BCUT2D eigenvalue weighted by Gasteiger charge is 2.11. The van der Waals surface area contributed by atoms with E-state index in [-0.39, 0.29) is 0 Å². The topological polar surface area (TPSA) is 30.3 Å². The Kier molecular flexibility index (Phi) is 5.66. The van der Waals surface area contributed by atoms with Gasteiger partial charge in [0.1, 0.15) is 11.3 Å². The van der Waals surface area contributed by atoms with Gasteiger partial charge < -0.3 is 14.2 Å². The highest BCUT2D eigenvalue weighted by atomic mass is 35.5. The van der Waals surface area contributed by atoms with Gasteiger partial charge in [-0.15, -0.1) is 11.6 Å². The van der Waals surface area contributed by atoms with Crippen LogP contribution in [0, 0.1) is 0 Å². The quantitative estimate of drug-likeness (QED) is 0.581. The molecule has 2 rings (SSSR count). The minimum absolute atomic E-state index is 0.364. The molecule has 110 valence electrons. The Balaban J connectivity index is 2.07. The first-order chi connectivity index (χ1) is 9.63. The van der Waals surface area contributed by atoms with E-state index in [1.807, 2.05) is 32.3 Å². The van der Waals surface area contributed by atoms with Crippen LogP contribution in [0.5, 0.6) is 0 Å². The van der Waals surface area contributed by atoms with E-state index < -0.39 is 0 Å². The molecule has 2 aromatic rings. The van der Waals surface area contributed by atoms with Crippen LogP contribution >= 0.6 is 23.2 Å². The third kappa shape index (κ3) is 3.64. The Hall–Kier alpha value is -0.810. The summed E-state index contributed by atoms with van der Waals surface area (Å²) in [7, 11) is 4.06. The van der Waals surface area contributed by atoms with Crippen molar-refractivity contribution in [3.8, 4) is 0 Å². The van der Waals surface area contributed by atoms with Crippen LogP contribution in [0.25, 0.3) is 11.0 Å². The molecule has 0 bridgehead atoms. The smallest absolute Gasteiger partial charge is 0.124 e. The molecule has 6 heteroatoms. The van der Waals surface area contributed by atoms with E-state index in [2.05, 4.69) is 14.5 Å². The van der Waals surface area contributed by atoms with Gasteiger partial charge in [-0.2, -0.15) is 0 Å². The molecule has 0 spiro atoms. The van der Waals surface area contributed by atoms with Crippen LogP contribution < -0.4 is 0 Å². The maximum absolute atomic E-state index is 6.16. The van der Waals surface area contributed by atoms with Crippen LogP contribution in [0.2, 0.25) is 5.02 Å². The summed E-state index contributed by atoms with van der Waals surface area (Å²) in [6, 6.07) is 5.77. The van der Waals surface area contributed by atoms with Crippen LogP contribution in [-0.2, 0) is 17.2 Å². The molecule has 0 aliphatic heterocycles. The number of fused-ring (bicyclic) bond motifs is 1. The van der Waals surface area contributed by atoms with Gasteiger partial charge in [0, 0.05) is 13.1 Å². The van der Waals surface area contributed by atoms with Crippen molar-refractivity contribution >= 4 is 34.2 Å². The monoisotopic (exact) mass is 315 g/mol. The van der Waals surface area contributed by atoms with Crippen molar-refractivity contribution in [3.63, 3.8) is 0 Å². The van der Waals surface area contributed by atoms with Crippen molar-refractivity contribution in [1.29, 1.82) is 0 Å². The zero-order chi connectivity index (χ0) is 14.5. The molecule has 0 amide bonds. The number of nitrogens with zero attached hydrogens (tertiary/aromatic N) is 3. The number of halogens is 2. The fraction of sp³-hybridized carbons (Fsp3) is 0.500. The number of rotatable bonds is 7. The molecule has 4 nitrogen and oxygen atoms in total. The largest absolute Gasteiger partial charge is 0.378 e. The van der Waals surface area contributed by atoms with Crippen molar-refractivity contribution in [3.05, 3.63) is 29.0 Å². The number of likely N-dealkylation sites (N-methyl/N-ethyl adjacent to an activating group) is 1. The highest BCUT2D eigenvalue weighted by Crippen LogP contribution is 2.24. The molecule has 0 saturated carbocycles. The van der Waals surface area contributed by atoms with Gasteiger partial charge in [-0.25, -0.2) is 4.98 Å². The fourth-order valence-corrected chi connectivity index (χ4v) is 2.43. The molecular weight excluding hydrogens is 297 g/mol. The predicted molar refractivity (Wildman–Crippen MR) is 83.7 cm³/mol. The van der Waals surface area contributed by atoms with Crippen LogP contribution in [0.3, 0.4) is 0 Å². The lowest BCUT2D eigenvalue weighted by Gasteiger charge is -2.11. The Bertz CT molecular complexity index is 569. The number of para-hydroxylation sites is 1. The molecule has 1 heterocycles. The number of imidazole rings is 1. The molecule has 0 aliphatic rings. The Morgan fingerprint density at radius 2 is 2.10 bits per heavy atom. The first-order valence-electron chi connectivity index (χ1n) is 6.55. The molecule has 0 radical (unpaired) electrons. The van der Waals surface area contributed by atoms with Gasteiger partial charge in [0.15, 0.2) is 0 Å². The van der Waals surface area contributed by atoms with Crippen LogP contribution in [0.15, 0.2) is 18.2 Å². The van der Waals surface area contributed by atoms with Crippen LogP contribution in [-0.4, -0.2) is 48.3 Å². The predicted octanol–water partition coefficient (Wildman–Crippen LogP) is 3.01. The average molecular weight is 316 g/mol. The third-order valence-corrected chi connectivity index (χ3v) is 3.61. The summed E-state index contributed by atoms with van der Waals surface area (Å²) in [5.74, 6) is 1.19. The summed E-state index contributed by atoms with van der Waals surface area (Å²) in [6.07, 6.45) is 0. The van der Waals surface area contributed by atoms with Crippen LogP contribution in [0.4, 0.5) is 0 Å². The first kappa shape index (κ1) is 15.6. The van der Waals surface area contributed by atoms with E-state index in [0.717, 1.165) is 36.6 Å². The Morgan fingerprint density at radius 3 is 2.80 bits per heavy atom. The average Bonchev–Trinajstić information content (AvgIpc) is 2.78. The van der Waals surface area contributed by atoms with Gasteiger partial charge in [0.25, 0.3) is 0 Å². The van der Waals surface area contributed by atoms with E-state index in [9.17, 15) is 0 Å². The summed E-state index contributed by atoms with van der Waals surface area (Å²) in [6.45, 7) is 3.00. The van der Waals surface area contributed by atoms with E-state index in [1.165, 1.54) is 0 Å². The minimum Gasteiger partial charge on any atom is -0.378 e. The second-order valence-corrected chi connectivity index (χ2v) is 5.51. The number of hydrogen-bond acceptors (Lipinski definition) is 3. The Labute approximate surface area is 129 Å². The lowest BCUT2D eigenvalue weighted by atomic mass is 10.3. The number of alkyl halides is 1. The number of hydrogen-bond donors (Lipinski definition) is 0. The molecule has 0 unspecified atom stereocenters. The Morgan fingerprint density at radius 1 is 1.30 bits per heavy atom. The van der Waals surface area contributed by atoms with E-state index in [4.69, 9.17) is 27.9 Å². The van der Waals surface area contributed by atoms with E-state index in [0.29, 0.717) is 17.5 Å². The van der Waals surface area contributed by atoms with Gasteiger partial charge in [-0.3, -0.25) is 0 Å². The number of aromatic nitrogens is 2. The molecule has 20 heavy (non-hydrogen) atoms. The zero-order valence-electron chi connectivity index (χ0n) is 11.8. The first-order valence-corrected chi connectivity index (χ1v) is 7.46. The molecule has 0 saturated heterocycles. The lowest BCUT2D eigenvalue weighted by molar-refractivity contribution is 0.111. The van der Waals surface area contributed by atoms with Gasteiger partial charge in [-0.05, 0) is 26.2 Å². The van der Waals surface area contributed by atoms with Crippen molar-refractivity contribution in [2.45, 2.75) is 12.4 Å². The lowest BCUT2D eigenvalue weighted by Crippen LogP contribution is -2.19. The second-order valence-electron chi connectivity index (χ2n) is 4.84. The highest BCUT2D eigenvalue weighted by molar-refractivity contribution is 6.34. The summed E-state index contributed by atoms with van der Waals surface area (Å²) in [5, 5.41) is 0.654. The standard InChI is InChI=1S/C14H19Cl2N3O/c1-18(2)6-8-20-9-7-19-12-5-3-4-11(16)14(12)17-13(19)10-15/h3-5H,6-10H2,1-2H3. The van der Waals surface area contributed by atoms with Crippen LogP contribution in [0.1, 0.15) is 5.82 Å². The van der Waals surface area contributed by atoms with Crippen molar-refractivity contribution in [1.82, 2.24) is 14.5 Å². The van der Waals surface area contributed by atoms with Gasteiger partial charge in [-0.1, -0.05) is 17.7 Å². The summed E-state index contributed by atoms with van der Waals surface area (Å²) in [4.78, 5) is 6.59. The van der Waals surface area contributed by atoms with Crippen molar-refractivity contribution in [2.24, 2.45) is 0 Å². The maximum atomic E-state index is 6.16. The second kappa shape index (κ2) is 7.27. The summed E-state index contributed by atoms with van der Waals surface area (Å²) < 4.78 is 7.70. The molecule has 0 N–H and O–H groups in total. The maximum Gasteiger partial charge on any atom is 0.124 e. The normalized spacial score (nSPS) is 11.7. The molecule has 0 aliphatic carbocycles. The summed E-state index contributed by atoms with van der Waals surface area (Å²) >= 11 is 12.1. The molecular formula is C14H19Cl2N3O. The number of benzene rings is 1. The number of ether oxygens (including phenoxy) is 1. The van der Waals surface area contributed by atoms with Crippen molar-refractivity contribution in [2.75, 3.05) is 33.9 Å². The molecule has 1 aromatic carbocycles.